The first kappa shape index (κ1) is 17.5. The maximum absolute atomic E-state index is 12.7. The van der Waals surface area contributed by atoms with E-state index in [1.165, 1.54) is 6.33 Å². The Kier molecular flexibility index (Phi) is 5.75. The van der Waals surface area contributed by atoms with Crippen molar-refractivity contribution in [2.24, 2.45) is 0 Å². The molecule has 1 aliphatic heterocycles. The molecular weight excluding hydrogens is 316 g/mol. The molecule has 0 bridgehead atoms. The van der Waals surface area contributed by atoms with Crippen molar-refractivity contribution in [3.63, 3.8) is 0 Å². The molecular formula is C18H26N6O. The summed E-state index contributed by atoms with van der Waals surface area (Å²) >= 11 is 0. The Labute approximate surface area is 148 Å². The minimum atomic E-state index is -0.301. The van der Waals surface area contributed by atoms with Gasteiger partial charge in [-0.15, -0.1) is 0 Å². The van der Waals surface area contributed by atoms with Gasteiger partial charge in [-0.1, -0.05) is 6.07 Å². The van der Waals surface area contributed by atoms with E-state index < -0.39 is 0 Å². The second-order valence-electron chi connectivity index (χ2n) is 6.70. The number of pyridine rings is 1. The van der Waals surface area contributed by atoms with E-state index in [9.17, 15) is 4.79 Å². The smallest absolute Gasteiger partial charge is 0.247 e. The van der Waals surface area contributed by atoms with Gasteiger partial charge in [0.15, 0.2) is 0 Å². The summed E-state index contributed by atoms with van der Waals surface area (Å²) < 4.78 is 1.62. The number of likely N-dealkylation sites (tertiary alicyclic amines) is 1. The van der Waals surface area contributed by atoms with Crippen molar-refractivity contribution in [1.29, 1.82) is 0 Å². The fourth-order valence-electron chi connectivity index (χ4n) is 3.41. The summed E-state index contributed by atoms with van der Waals surface area (Å²) in [5.74, 6) is 0.124. The molecule has 1 amide bonds. The Hall–Kier alpha value is -2.28. The Morgan fingerprint density at radius 1 is 1.36 bits per heavy atom. The van der Waals surface area contributed by atoms with Crippen LogP contribution in [-0.4, -0.2) is 61.6 Å². The normalized spacial score (nSPS) is 19.6. The summed E-state index contributed by atoms with van der Waals surface area (Å²) in [5, 5.41) is 4.09. The van der Waals surface area contributed by atoms with Gasteiger partial charge < -0.3 is 4.90 Å². The van der Waals surface area contributed by atoms with Crippen LogP contribution in [0.2, 0.25) is 0 Å². The molecule has 7 heteroatoms. The van der Waals surface area contributed by atoms with Gasteiger partial charge in [-0.05, 0) is 45.4 Å². The van der Waals surface area contributed by atoms with Crippen LogP contribution in [0.1, 0.15) is 37.9 Å². The standard InChI is InChI=1S/C18H26N6O/c1-15(24-14-19-13-21-24)18(25)23-10-5-7-17(8-11-23)22(2)12-16-6-3-4-9-20-16/h3-4,6,9,13-15,17H,5,7-8,10-12H2,1-2H3. The van der Waals surface area contributed by atoms with Crippen LogP contribution in [0.3, 0.4) is 0 Å². The zero-order valence-electron chi connectivity index (χ0n) is 15.0. The topological polar surface area (TPSA) is 67.2 Å². The van der Waals surface area contributed by atoms with E-state index in [0.717, 1.165) is 44.6 Å². The van der Waals surface area contributed by atoms with Gasteiger partial charge in [-0.25, -0.2) is 9.67 Å². The predicted octanol–water partition coefficient (Wildman–Crippen LogP) is 1.75. The molecule has 134 valence electrons. The number of amides is 1. The summed E-state index contributed by atoms with van der Waals surface area (Å²) in [6.07, 6.45) is 8.01. The highest BCUT2D eigenvalue weighted by atomic mass is 16.2. The number of hydrogen-bond donors (Lipinski definition) is 0. The number of hydrogen-bond acceptors (Lipinski definition) is 5. The molecule has 2 unspecified atom stereocenters. The van der Waals surface area contributed by atoms with Crippen LogP contribution in [0.4, 0.5) is 0 Å². The molecule has 2 atom stereocenters. The van der Waals surface area contributed by atoms with Gasteiger partial charge in [0, 0.05) is 31.9 Å². The molecule has 0 spiro atoms. The van der Waals surface area contributed by atoms with Gasteiger partial charge in [-0.3, -0.25) is 14.7 Å². The van der Waals surface area contributed by atoms with Gasteiger partial charge in [0.25, 0.3) is 0 Å². The van der Waals surface area contributed by atoms with Crippen LogP contribution >= 0.6 is 0 Å². The summed E-state index contributed by atoms with van der Waals surface area (Å²) in [6, 6.07) is 6.19. The van der Waals surface area contributed by atoms with E-state index in [4.69, 9.17) is 0 Å². The predicted molar refractivity (Wildman–Crippen MR) is 94.7 cm³/mol. The molecule has 0 aliphatic carbocycles. The van der Waals surface area contributed by atoms with Crippen molar-refractivity contribution in [2.75, 3.05) is 20.1 Å². The third-order valence-electron chi connectivity index (χ3n) is 4.96. The van der Waals surface area contributed by atoms with Crippen LogP contribution < -0.4 is 0 Å². The highest BCUT2D eigenvalue weighted by molar-refractivity contribution is 5.79. The minimum Gasteiger partial charge on any atom is -0.341 e. The number of carbonyl (C=O) groups is 1. The number of carbonyl (C=O) groups excluding carboxylic acids is 1. The fourth-order valence-corrected chi connectivity index (χ4v) is 3.41. The molecule has 1 aliphatic rings. The summed E-state index contributed by atoms with van der Waals surface area (Å²) in [4.78, 5) is 25.4. The minimum absolute atomic E-state index is 0.124. The maximum atomic E-state index is 12.7. The molecule has 1 saturated heterocycles. The Balaban J connectivity index is 1.55. The molecule has 2 aromatic heterocycles. The second-order valence-corrected chi connectivity index (χ2v) is 6.70. The summed E-state index contributed by atoms with van der Waals surface area (Å²) in [7, 11) is 2.15. The van der Waals surface area contributed by atoms with Crippen molar-refractivity contribution in [3.05, 3.63) is 42.7 Å². The first-order valence-corrected chi connectivity index (χ1v) is 8.88. The van der Waals surface area contributed by atoms with Gasteiger partial charge in [0.2, 0.25) is 5.91 Å². The van der Waals surface area contributed by atoms with E-state index >= 15 is 0 Å². The molecule has 1 fully saturated rings. The highest BCUT2D eigenvalue weighted by Crippen LogP contribution is 2.19. The van der Waals surface area contributed by atoms with Gasteiger partial charge in [0.1, 0.15) is 18.7 Å². The molecule has 0 saturated carbocycles. The maximum Gasteiger partial charge on any atom is 0.247 e. The van der Waals surface area contributed by atoms with Crippen molar-refractivity contribution in [2.45, 2.75) is 44.8 Å². The first-order valence-electron chi connectivity index (χ1n) is 8.88. The average Bonchev–Trinajstić information content (AvgIpc) is 3.05. The van der Waals surface area contributed by atoms with Gasteiger partial charge in [-0.2, -0.15) is 5.10 Å². The Morgan fingerprint density at radius 3 is 2.96 bits per heavy atom. The highest BCUT2D eigenvalue weighted by Gasteiger charge is 2.26. The average molecular weight is 342 g/mol. The zero-order valence-corrected chi connectivity index (χ0v) is 15.0. The molecule has 3 rings (SSSR count). The third kappa shape index (κ3) is 4.42. The van der Waals surface area contributed by atoms with Gasteiger partial charge >= 0.3 is 0 Å². The lowest BCUT2D eigenvalue weighted by Gasteiger charge is -2.27. The molecule has 0 aromatic carbocycles. The van der Waals surface area contributed by atoms with Crippen LogP contribution in [0, 0.1) is 0 Å². The summed E-state index contributed by atoms with van der Waals surface area (Å²) in [6.45, 7) is 4.32. The first-order chi connectivity index (χ1) is 12.1. The van der Waals surface area contributed by atoms with Crippen LogP contribution in [0.25, 0.3) is 0 Å². The monoisotopic (exact) mass is 342 g/mol. The Morgan fingerprint density at radius 2 is 2.24 bits per heavy atom. The fraction of sp³-hybridized carbons (Fsp3) is 0.556. The van der Waals surface area contributed by atoms with Crippen LogP contribution in [0.15, 0.2) is 37.1 Å². The number of nitrogens with zero attached hydrogens (tertiary/aromatic N) is 6. The van der Waals surface area contributed by atoms with Crippen LogP contribution in [0.5, 0.6) is 0 Å². The third-order valence-corrected chi connectivity index (χ3v) is 4.96. The quantitative estimate of drug-likeness (QED) is 0.828. The van der Waals surface area contributed by atoms with Crippen molar-refractivity contribution < 1.29 is 4.79 Å². The Bertz CT molecular complexity index is 659. The van der Waals surface area contributed by atoms with E-state index in [1.807, 2.05) is 30.2 Å². The molecule has 0 N–H and O–H groups in total. The van der Waals surface area contributed by atoms with E-state index in [0.29, 0.717) is 6.04 Å². The van der Waals surface area contributed by atoms with E-state index in [2.05, 4.69) is 33.1 Å². The molecule has 2 aromatic rings. The molecule has 25 heavy (non-hydrogen) atoms. The molecule has 3 heterocycles. The lowest BCUT2D eigenvalue weighted by atomic mass is 10.1. The van der Waals surface area contributed by atoms with E-state index in [1.54, 1.807) is 11.0 Å². The van der Waals surface area contributed by atoms with Crippen molar-refractivity contribution in [3.8, 4) is 0 Å². The SMILES string of the molecule is CC(C(=O)N1CCCC(N(C)Cc2ccccn2)CC1)n1cncn1. The zero-order chi connectivity index (χ0) is 17.6. The largest absolute Gasteiger partial charge is 0.341 e. The molecule has 7 nitrogen and oxygen atoms in total. The van der Waals surface area contributed by atoms with Crippen molar-refractivity contribution in [1.82, 2.24) is 29.5 Å². The lowest BCUT2D eigenvalue weighted by Crippen LogP contribution is -2.38. The number of aromatic nitrogens is 4. The van der Waals surface area contributed by atoms with Gasteiger partial charge in [0.05, 0.1) is 5.69 Å². The summed E-state index contributed by atoms with van der Waals surface area (Å²) in [5.41, 5.74) is 1.09. The van der Waals surface area contributed by atoms with Crippen molar-refractivity contribution >= 4 is 5.91 Å². The number of rotatable bonds is 5. The van der Waals surface area contributed by atoms with Crippen LogP contribution in [-0.2, 0) is 11.3 Å². The second kappa shape index (κ2) is 8.20. The van der Waals surface area contributed by atoms with E-state index in [-0.39, 0.29) is 11.9 Å². The molecule has 0 radical (unpaired) electrons. The lowest BCUT2D eigenvalue weighted by molar-refractivity contribution is -0.134.